The maximum absolute atomic E-state index is 11.1. The number of hydrogen-bond acceptors (Lipinski definition) is 10. The van der Waals surface area contributed by atoms with E-state index in [2.05, 4.69) is 20.8 Å². The fourth-order valence-electron chi connectivity index (χ4n) is 1.79. The van der Waals surface area contributed by atoms with Crippen LogP contribution in [0.25, 0.3) is 0 Å². The second-order valence-corrected chi connectivity index (χ2v) is 7.98. The van der Waals surface area contributed by atoms with Crippen molar-refractivity contribution in [3.8, 4) is 17.6 Å². The molecule has 0 amide bonds. The third kappa shape index (κ3) is 5.70. The number of phenolic OH excluding ortho intramolecular Hbond substituents is 2. The monoisotopic (exact) mass is 441 g/mol. The van der Waals surface area contributed by atoms with Crippen LogP contribution in [0.15, 0.2) is 61.5 Å². The topological polar surface area (TPSA) is 222 Å². The van der Waals surface area contributed by atoms with Crippen LogP contribution in [-0.2, 0) is 20.2 Å². The summed E-state index contributed by atoms with van der Waals surface area (Å²) in [6, 6.07) is 6.84. The molecule has 0 atom stereocenters. The largest absolute Gasteiger partial charge is 0.506 e. The number of benzene rings is 2. The number of nitrogens with zero attached hydrogens (tertiary/aromatic N) is 4. The Balaban J connectivity index is 2.32. The van der Waals surface area contributed by atoms with Crippen molar-refractivity contribution in [3.05, 3.63) is 36.4 Å². The van der Waals surface area contributed by atoms with Crippen LogP contribution < -0.4 is 5.43 Å². The minimum Gasteiger partial charge on any atom is -0.506 e. The Morgan fingerprint density at radius 1 is 0.931 bits per heavy atom. The molecular formula is C14H11N5O8S2. The van der Waals surface area contributed by atoms with Gasteiger partial charge >= 0.3 is 0 Å². The number of nitrogens with one attached hydrogen (secondary N) is 1. The van der Waals surface area contributed by atoms with Gasteiger partial charge in [0.2, 0.25) is 0 Å². The van der Waals surface area contributed by atoms with Crippen LogP contribution in [0.5, 0.6) is 11.5 Å². The lowest BCUT2D eigenvalue weighted by atomic mass is 10.3. The van der Waals surface area contributed by atoms with Crippen molar-refractivity contribution in [2.75, 3.05) is 5.43 Å². The first kappa shape index (κ1) is 21.7. The highest BCUT2D eigenvalue weighted by Crippen LogP contribution is 2.29. The Hall–Kier alpha value is -3.58. The van der Waals surface area contributed by atoms with Crippen molar-refractivity contribution in [1.29, 1.82) is 5.26 Å². The van der Waals surface area contributed by atoms with Crippen molar-refractivity contribution in [3.63, 3.8) is 0 Å². The summed E-state index contributed by atoms with van der Waals surface area (Å²) >= 11 is 0. The van der Waals surface area contributed by atoms with Crippen LogP contribution in [0, 0.1) is 11.3 Å². The average Bonchev–Trinajstić information content (AvgIpc) is 2.62. The van der Waals surface area contributed by atoms with E-state index in [4.69, 9.17) is 14.4 Å². The number of amidine groups is 1. The highest BCUT2D eigenvalue weighted by molar-refractivity contribution is 7.86. The lowest BCUT2D eigenvalue weighted by Crippen LogP contribution is -2.01. The summed E-state index contributed by atoms with van der Waals surface area (Å²) in [5, 5.41) is 38.7. The standard InChI is InChI=1S/C14H11N5O8S2/c15-7-14(18-16-10-5-8(28(22,23)24)1-3-12(10)20)19-17-11-6-9(29(25,26)27)2-4-13(11)21/h1-6,16,20-21H,(H,22,23,24)(H,25,26,27). The van der Waals surface area contributed by atoms with Gasteiger partial charge in [-0.15, -0.1) is 15.3 Å². The maximum atomic E-state index is 11.1. The Labute approximate surface area is 163 Å². The zero-order valence-electron chi connectivity index (χ0n) is 14.0. The van der Waals surface area contributed by atoms with Crippen molar-refractivity contribution in [2.45, 2.75) is 9.79 Å². The molecule has 0 spiro atoms. The molecule has 152 valence electrons. The number of aromatic hydroxyl groups is 2. The predicted octanol–water partition coefficient (Wildman–Crippen LogP) is 1.62. The summed E-state index contributed by atoms with van der Waals surface area (Å²) in [7, 11) is -9.13. The molecule has 13 nitrogen and oxygen atoms in total. The molecule has 2 aromatic carbocycles. The molecule has 0 unspecified atom stereocenters. The second-order valence-electron chi connectivity index (χ2n) is 5.14. The number of phenols is 2. The van der Waals surface area contributed by atoms with E-state index in [-0.39, 0.29) is 5.69 Å². The van der Waals surface area contributed by atoms with E-state index in [1.54, 1.807) is 0 Å². The van der Waals surface area contributed by atoms with Crippen molar-refractivity contribution < 1.29 is 36.2 Å². The first-order valence-corrected chi connectivity index (χ1v) is 10.1. The molecule has 0 aliphatic carbocycles. The molecule has 0 saturated heterocycles. The molecular weight excluding hydrogens is 430 g/mol. The first-order chi connectivity index (χ1) is 13.4. The van der Waals surface area contributed by atoms with Gasteiger partial charge in [0, 0.05) is 0 Å². The summed E-state index contributed by atoms with van der Waals surface area (Å²) < 4.78 is 62.5. The minimum atomic E-state index is -4.57. The molecule has 15 heteroatoms. The quantitative estimate of drug-likeness (QED) is 0.113. The maximum Gasteiger partial charge on any atom is 0.294 e. The zero-order valence-corrected chi connectivity index (χ0v) is 15.6. The molecule has 29 heavy (non-hydrogen) atoms. The highest BCUT2D eigenvalue weighted by atomic mass is 32.2. The average molecular weight is 441 g/mol. The molecule has 0 heterocycles. The summed E-state index contributed by atoms with van der Waals surface area (Å²) in [5.41, 5.74) is 1.45. The molecule has 0 saturated carbocycles. The number of hydrogen-bond donors (Lipinski definition) is 5. The molecule has 0 aromatic heterocycles. The van der Waals surface area contributed by atoms with Crippen LogP contribution in [0.1, 0.15) is 0 Å². The van der Waals surface area contributed by atoms with E-state index in [1.165, 1.54) is 6.07 Å². The van der Waals surface area contributed by atoms with Crippen LogP contribution in [0.2, 0.25) is 0 Å². The molecule has 5 N–H and O–H groups in total. The number of nitriles is 1. The van der Waals surface area contributed by atoms with Gasteiger partial charge in [0.15, 0.2) is 0 Å². The fourth-order valence-corrected chi connectivity index (χ4v) is 2.80. The number of anilines is 1. The van der Waals surface area contributed by atoms with Crippen LogP contribution in [-0.4, -0.2) is 42.0 Å². The second kappa shape index (κ2) is 8.20. The van der Waals surface area contributed by atoms with Crippen LogP contribution in [0.3, 0.4) is 0 Å². The van der Waals surface area contributed by atoms with Gasteiger partial charge in [0.05, 0.1) is 15.5 Å². The van der Waals surface area contributed by atoms with Crippen molar-refractivity contribution in [1.82, 2.24) is 0 Å². The molecule has 0 aliphatic heterocycles. The van der Waals surface area contributed by atoms with Gasteiger partial charge < -0.3 is 10.2 Å². The number of hydrazone groups is 1. The smallest absolute Gasteiger partial charge is 0.294 e. The Bertz CT molecular complexity index is 1260. The highest BCUT2D eigenvalue weighted by Gasteiger charge is 2.14. The van der Waals surface area contributed by atoms with Gasteiger partial charge in [-0.3, -0.25) is 14.5 Å². The van der Waals surface area contributed by atoms with Gasteiger partial charge in [0.1, 0.15) is 23.3 Å². The molecule has 0 fully saturated rings. The Morgan fingerprint density at radius 2 is 1.48 bits per heavy atom. The molecule has 2 rings (SSSR count). The summed E-state index contributed by atoms with van der Waals surface area (Å²) in [5.74, 6) is -1.64. The van der Waals surface area contributed by atoms with Crippen molar-refractivity contribution >= 4 is 37.4 Å². The third-order valence-corrected chi connectivity index (χ3v) is 4.84. The third-order valence-electron chi connectivity index (χ3n) is 3.15. The Kier molecular flexibility index (Phi) is 6.14. The van der Waals surface area contributed by atoms with Gasteiger partial charge in [-0.1, -0.05) is 0 Å². The summed E-state index contributed by atoms with van der Waals surface area (Å²) in [4.78, 5) is -1.13. The van der Waals surface area contributed by atoms with Gasteiger partial charge in [-0.2, -0.15) is 22.1 Å². The van der Waals surface area contributed by atoms with E-state index in [9.17, 15) is 27.0 Å². The normalized spacial score (nSPS) is 12.7. The fraction of sp³-hybridized carbons (Fsp3) is 0. The number of azo groups is 1. The molecule has 0 aliphatic rings. The molecule has 2 aromatic rings. The zero-order chi connectivity index (χ0) is 21.8. The number of rotatable bonds is 5. The van der Waals surface area contributed by atoms with Crippen LogP contribution in [0.4, 0.5) is 11.4 Å². The van der Waals surface area contributed by atoms with Crippen molar-refractivity contribution in [2.24, 2.45) is 15.3 Å². The van der Waals surface area contributed by atoms with Crippen LogP contribution >= 0.6 is 0 Å². The van der Waals surface area contributed by atoms with E-state index in [0.29, 0.717) is 0 Å². The first-order valence-electron chi connectivity index (χ1n) is 7.18. The van der Waals surface area contributed by atoms with Gasteiger partial charge in [0.25, 0.3) is 26.1 Å². The van der Waals surface area contributed by atoms with E-state index < -0.39 is 53.0 Å². The SMILES string of the molecule is N#CC(N=Nc1cc(S(=O)(=O)O)ccc1O)=NNc1cc(S(=O)(=O)O)ccc1O. The Morgan fingerprint density at radius 3 is 2.03 bits per heavy atom. The molecule has 0 bridgehead atoms. The molecule has 0 radical (unpaired) electrons. The van der Waals surface area contributed by atoms with E-state index in [1.807, 2.05) is 0 Å². The summed E-state index contributed by atoms with van der Waals surface area (Å²) in [6.45, 7) is 0. The summed E-state index contributed by atoms with van der Waals surface area (Å²) in [6.07, 6.45) is 0. The minimum absolute atomic E-state index is 0.292. The van der Waals surface area contributed by atoms with E-state index >= 15 is 0 Å². The predicted molar refractivity (Wildman–Crippen MR) is 97.0 cm³/mol. The van der Waals surface area contributed by atoms with Gasteiger partial charge in [-0.25, -0.2) is 0 Å². The lowest BCUT2D eigenvalue weighted by molar-refractivity contribution is 0.472. The van der Waals surface area contributed by atoms with Gasteiger partial charge in [-0.05, 0) is 36.4 Å². The lowest BCUT2D eigenvalue weighted by Gasteiger charge is -2.05. The van der Waals surface area contributed by atoms with E-state index in [0.717, 1.165) is 36.4 Å².